The number of esters is 1. The highest BCUT2D eigenvalue weighted by atomic mass is 16.5. The molecule has 1 fully saturated rings. The van der Waals surface area contributed by atoms with Crippen LogP contribution in [0.15, 0.2) is 54.6 Å². The summed E-state index contributed by atoms with van der Waals surface area (Å²) in [5.41, 5.74) is 1.18. The molecule has 3 rings (SSSR count). The van der Waals surface area contributed by atoms with Crippen molar-refractivity contribution < 1.29 is 19.1 Å². The Morgan fingerprint density at radius 1 is 1.03 bits per heavy atom. The van der Waals surface area contributed by atoms with Crippen LogP contribution in [0.2, 0.25) is 0 Å². The number of amides is 2. The van der Waals surface area contributed by atoms with Gasteiger partial charge in [-0.2, -0.15) is 5.01 Å². The number of para-hydroxylation sites is 1. The molecule has 1 aliphatic rings. The molecule has 0 unspecified atom stereocenters. The van der Waals surface area contributed by atoms with Crippen molar-refractivity contribution in [2.75, 3.05) is 18.2 Å². The van der Waals surface area contributed by atoms with E-state index in [4.69, 9.17) is 4.74 Å². The number of rotatable bonds is 4. The summed E-state index contributed by atoms with van der Waals surface area (Å²) >= 11 is 0. The third kappa shape index (κ3) is 4.22. The standard InChI is InChI=1S/C24H28N2O4/c1-17(27)30-16-24(5)15-25(20-9-7-6-8-10-20)26(22(24)29)21(28)18-11-13-19(14-12-18)23(2,3)4/h6-14H,15-16H2,1-5H3/t24-/m0/s1. The minimum absolute atomic E-state index is 0.0380. The highest BCUT2D eigenvalue weighted by Crippen LogP contribution is 2.35. The van der Waals surface area contributed by atoms with Crippen LogP contribution in [-0.4, -0.2) is 35.9 Å². The number of anilines is 1. The van der Waals surface area contributed by atoms with Crippen LogP contribution in [0.4, 0.5) is 5.69 Å². The first kappa shape index (κ1) is 21.6. The fourth-order valence-electron chi connectivity index (χ4n) is 3.45. The summed E-state index contributed by atoms with van der Waals surface area (Å²) in [4.78, 5) is 38.0. The number of benzene rings is 2. The second-order valence-electron chi connectivity index (χ2n) is 8.98. The molecule has 0 aliphatic carbocycles. The first-order valence-electron chi connectivity index (χ1n) is 9.98. The van der Waals surface area contributed by atoms with Gasteiger partial charge in [0.25, 0.3) is 11.8 Å². The van der Waals surface area contributed by atoms with Gasteiger partial charge in [-0.15, -0.1) is 0 Å². The fraction of sp³-hybridized carbons (Fsp3) is 0.375. The van der Waals surface area contributed by atoms with Gasteiger partial charge >= 0.3 is 5.97 Å². The third-order valence-corrected chi connectivity index (χ3v) is 5.29. The number of imide groups is 1. The van der Waals surface area contributed by atoms with Crippen molar-refractivity contribution >= 4 is 23.5 Å². The summed E-state index contributed by atoms with van der Waals surface area (Å²) in [5.74, 6) is -1.26. The van der Waals surface area contributed by atoms with Gasteiger partial charge in [-0.3, -0.25) is 19.4 Å². The zero-order valence-corrected chi connectivity index (χ0v) is 18.1. The number of hydrogen-bond acceptors (Lipinski definition) is 5. The first-order chi connectivity index (χ1) is 14.0. The Bertz CT molecular complexity index is 947. The smallest absolute Gasteiger partial charge is 0.302 e. The van der Waals surface area contributed by atoms with E-state index in [1.54, 1.807) is 24.1 Å². The van der Waals surface area contributed by atoms with Crippen molar-refractivity contribution in [2.45, 2.75) is 40.0 Å². The first-order valence-corrected chi connectivity index (χ1v) is 9.98. The molecular weight excluding hydrogens is 380 g/mol. The van der Waals surface area contributed by atoms with Crippen LogP contribution in [-0.2, 0) is 19.7 Å². The zero-order chi connectivity index (χ0) is 22.1. The Morgan fingerprint density at radius 2 is 1.63 bits per heavy atom. The van der Waals surface area contributed by atoms with Gasteiger partial charge in [-0.05, 0) is 42.2 Å². The van der Waals surface area contributed by atoms with Gasteiger partial charge in [0.05, 0.1) is 12.2 Å². The molecule has 1 saturated heterocycles. The Balaban J connectivity index is 1.97. The van der Waals surface area contributed by atoms with E-state index in [-0.39, 0.29) is 18.6 Å². The van der Waals surface area contributed by atoms with Crippen LogP contribution in [0, 0.1) is 5.41 Å². The van der Waals surface area contributed by atoms with Crippen LogP contribution in [0.3, 0.4) is 0 Å². The molecule has 2 amide bonds. The van der Waals surface area contributed by atoms with Gasteiger partial charge < -0.3 is 4.74 Å². The maximum Gasteiger partial charge on any atom is 0.302 e. The molecule has 0 aromatic heterocycles. The van der Waals surface area contributed by atoms with E-state index < -0.39 is 23.2 Å². The van der Waals surface area contributed by atoms with Crippen molar-refractivity contribution in [3.05, 3.63) is 65.7 Å². The molecule has 0 radical (unpaired) electrons. The largest absolute Gasteiger partial charge is 0.465 e. The number of hydrazine groups is 1. The highest BCUT2D eigenvalue weighted by Gasteiger charge is 2.51. The molecule has 6 heteroatoms. The molecule has 0 spiro atoms. The number of hydrogen-bond donors (Lipinski definition) is 0. The zero-order valence-electron chi connectivity index (χ0n) is 18.1. The average molecular weight is 408 g/mol. The van der Waals surface area contributed by atoms with E-state index in [1.807, 2.05) is 42.5 Å². The quantitative estimate of drug-likeness (QED) is 0.566. The van der Waals surface area contributed by atoms with Crippen LogP contribution in [0.5, 0.6) is 0 Å². The van der Waals surface area contributed by atoms with E-state index in [0.717, 1.165) is 11.3 Å². The van der Waals surface area contributed by atoms with Gasteiger partial charge in [-0.1, -0.05) is 51.1 Å². The summed E-state index contributed by atoms with van der Waals surface area (Å²) in [7, 11) is 0. The van der Waals surface area contributed by atoms with Crippen molar-refractivity contribution in [3.8, 4) is 0 Å². The van der Waals surface area contributed by atoms with Crippen molar-refractivity contribution in [1.29, 1.82) is 0 Å². The van der Waals surface area contributed by atoms with Gasteiger partial charge in [0.1, 0.15) is 12.0 Å². The lowest BCUT2D eigenvalue weighted by molar-refractivity contribution is -0.147. The maximum absolute atomic E-state index is 13.4. The maximum atomic E-state index is 13.4. The molecule has 1 aliphatic heterocycles. The van der Waals surface area contributed by atoms with Gasteiger partial charge in [0.15, 0.2) is 0 Å². The number of carbonyl (C=O) groups excluding carboxylic acids is 3. The van der Waals surface area contributed by atoms with E-state index in [9.17, 15) is 14.4 Å². The summed E-state index contributed by atoms with van der Waals surface area (Å²) in [5, 5.41) is 2.83. The van der Waals surface area contributed by atoms with E-state index in [2.05, 4.69) is 20.8 Å². The van der Waals surface area contributed by atoms with Crippen LogP contribution < -0.4 is 5.01 Å². The molecule has 2 aromatic rings. The summed E-state index contributed by atoms with van der Waals surface area (Å²) in [6, 6.07) is 16.6. The summed E-state index contributed by atoms with van der Waals surface area (Å²) < 4.78 is 5.15. The topological polar surface area (TPSA) is 66.9 Å². The fourth-order valence-corrected chi connectivity index (χ4v) is 3.45. The lowest BCUT2D eigenvalue weighted by Gasteiger charge is -2.28. The molecule has 30 heavy (non-hydrogen) atoms. The number of nitrogens with zero attached hydrogens (tertiary/aromatic N) is 2. The van der Waals surface area contributed by atoms with Crippen molar-refractivity contribution in [3.63, 3.8) is 0 Å². The molecule has 0 bridgehead atoms. The lowest BCUT2D eigenvalue weighted by atomic mass is 9.86. The highest BCUT2D eigenvalue weighted by molar-refractivity contribution is 6.09. The Kier molecular flexibility index (Phi) is 5.70. The second kappa shape index (κ2) is 7.94. The average Bonchev–Trinajstić information content (AvgIpc) is 2.97. The van der Waals surface area contributed by atoms with Gasteiger partial charge in [0.2, 0.25) is 0 Å². The van der Waals surface area contributed by atoms with Crippen LogP contribution >= 0.6 is 0 Å². The van der Waals surface area contributed by atoms with E-state index >= 15 is 0 Å². The predicted octanol–water partition coefficient (Wildman–Crippen LogP) is 3.96. The lowest BCUT2D eigenvalue weighted by Crippen LogP contribution is -2.44. The molecule has 158 valence electrons. The molecule has 0 saturated carbocycles. The van der Waals surface area contributed by atoms with E-state index in [0.29, 0.717) is 5.56 Å². The van der Waals surface area contributed by atoms with Crippen LogP contribution in [0.25, 0.3) is 0 Å². The third-order valence-electron chi connectivity index (χ3n) is 5.29. The van der Waals surface area contributed by atoms with Crippen molar-refractivity contribution in [1.82, 2.24) is 5.01 Å². The molecule has 2 aromatic carbocycles. The second-order valence-corrected chi connectivity index (χ2v) is 8.98. The Morgan fingerprint density at radius 3 is 2.17 bits per heavy atom. The SMILES string of the molecule is CC(=O)OC[C@]1(C)CN(c2ccccc2)N(C(=O)c2ccc(C(C)(C)C)cc2)C1=O. The predicted molar refractivity (Wildman–Crippen MR) is 115 cm³/mol. The van der Waals surface area contributed by atoms with Crippen molar-refractivity contribution in [2.24, 2.45) is 5.41 Å². The number of carbonyl (C=O) groups is 3. The molecule has 0 N–H and O–H groups in total. The molecule has 6 nitrogen and oxygen atoms in total. The summed E-state index contributed by atoms with van der Waals surface area (Å²) in [6.45, 7) is 9.47. The van der Waals surface area contributed by atoms with E-state index in [1.165, 1.54) is 11.9 Å². The van der Waals surface area contributed by atoms with Gasteiger partial charge in [-0.25, -0.2) is 0 Å². The molecule has 1 heterocycles. The molecular formula is C24H28N2O4. The van der Waals surface area contributed by atoms with Crippen LogP contribution in [0.1, 0.15) is 50.5 Å². The minimum atomic E-state index is -1.03. The van der Waals surface area contributed by atoms with Gasteiger partial charge in [0, 0.05) is 12.5 Å². The monoisotopic (exact) mass is 408 g/mol. The normalized spacial score (nSPS) is 19.2. The Hall–Kier alpha value is -3.15. The minimum Gasteiger partial charge on any atom is -0.465 e. The number of ether oxygens (including phenoxy) is 1. The Labute approximate surface area is 177 Å². The molecule has 1 atom stereocenters. The summed E-state index contributed by atoms with van der Waals surface area (Å²) in [6.07, 6.45) is 0.